The Labute approximate surface area is 143 Å². The van der Waals surface area contributed by atoms with Crippen molar-refractivity contribution in [3.8, 4) is 0 Å². The average Bonchev–Trinajstić information content (AvgIpc) is 3.23. The first-order valence-electron chi connectivity index (χ1n) is 8.06. The monoisotopic (exact) mass is 339 g/mol. The van der Waals surface area contributed by atoms with Crippen LogP contribution in [-0.2, 0) is 11.8 Å². The fourth-order valence-corrected chi connectivity index (χ4v) is 3.13. The molecule has 0 saturated carbocycles. The molecule has 1 aliphatic rings. The number of amides is 1. The van der Waals surface area contributed by atoms with Gasteiger partial charge in [-0.05, 0) is 23.9 Å². The summed E-state index contributed by atoms with van der Waals surface area (Å²) in [6.45, 7) is 0.532. The Morgan fingerprint density at radius 1 is 1.36 bits per heavy atom. The third-order valence-corrected chi connectivity index (χ3v) is 4.41. The molecule has 0 unspecified atom stereocenters. The lowest BCUT2D eigenvalue weighted by molar-refractivity contribution is 0.0760. The van der Waals surface area contributed by atoms with Crippen molar-refractivity contribution in [2.75, 3.05) is 6.61 Å². The van der Waals surface area contributed by atoms with E-state index in [9.17, 15) is 9.59 Å². The molecule has 0 bridgehead atoms. The quantitative estimate of drug-likeness (QED) is 0.786. The second-order valence-corrected chi connectivity index (χ2v) is 6.04. The Kier molecular flexibility index (Phi) is 3.85. The van der Waals surface area contributed by atoms with Crippen molar-refractivity contribution in [1.29, 1.82) is 0 Å². The molecule has 1 N–H and O–H groups in total. The van der Waals surface area contributed by atoms with E-state index in [1.54, 1.807) is 30.5 Å². The minimum absolute atomic E-state index is 0.00538. The van der Waals surface area contributed by atoms with Crippen LogP contribution >= 0.6 is 0 Å². The third-order valence-electron chi connectivity index (χ3n) is 4.41. The van der Waals surface area contributed by atoms with Crippen LogP contribution in [0.25, 0.3) is 10.8 Å². The first-order valence-corrected chi connectivity index (χ1v) is 8.06. The normalized spacial score (nSPS) is 20.0. The predicted molar refractivity (Wildman–Crippen MR) is 90.3 cm³/mol. The van der Waals surface area contributed by atoms with Crippen LogP contribution in [0.2, 0.25) is 0 Å². The Balaban J connectivity index is 1.59. The molecule has 1 fully saturated rings. The molecule has 1 aromatic carbocycles. The van der Waals surface area contributed by atoms with Crippen LogP contribution in [0.15, 0.2) is 51.9 Å². The third kappa shape index (κ3) is 2.83. The number of rotatable bonds is 3. The van der Waals surface area contributed by atoms with Crippen LogP contribution in [-0.4, -0.2) is 28.1 Å². The lowest BCUT2D eigenvalue weighted by atomic mass is 10.1. The maximum atomic E-state index is 12.6. The topological polar surface area (TPSA) is 86.4 Å². The fourth-order valence-electron chi connectivity index (χ4n) is 3.13. The summed E-state index contributed by atoms with van der Waals surface area (Å²) in [5.74, 6) is 0.314. The van der Waals surface area contributed by atoms with Crippen LogP contribution in [0.4, 0.5) is 0 Å². The molecule has 7 heteroatoms. The van der Waals surface area contributed by atoms with Crippen LogP contribution in [0, 0.1) is 0 Å². The number of benzene rings is 1. The van der Waals surface area contributed by atoms with Gasteiger partial charge in [-0.15, -0.1) is 0 Å². The van der Waals surface area contributed by atoms with Gasteiger partial charge in [0.2, 0.25) is 0 Å². The first-order chi connectivity index (χ1) is 12.1. The molecule has 3 aromatic rings. The van der Waals surface area contributed by atoms with Gasteiger partial charge in [-0.25, -0.2) is 9.78 Å². The van der Waals surface area contributed by atoms with Gasteiger partial charge in [-0.3, -0.25) is 4.79 Å². The summed E-state index contributed by atoms with van der Waals surface area (Å²) in [5.41, 5.74) is -0.522. The second kappa shape index (κ2) is 6.18. The van der Waals surface area contributed by atoms with Crippen molar-refractivity contribution >= 4 is 16.7 Å². The Morgan fingerprint density at radius 3 is 3.00 bits per heavy atom. The first kappa shape index (κ1) is 15.6. The zero-order chi connectivity index (χ0) is 17.4. The summed E-state index contributed by atoms with van der Waals surface area (Å²) in [7, 11) is 1.88. The van der Waals surface area contributed by atoms with Crippen molar-refractivity contribution in [3.05, 3.63) is 64.7 Å². The van der Waals surface area contributed by atoms with Gasteiger partial charge < -0.3 is 19.0 Å². The van der Waals surface area contributed by atoms with E-state index in [0.717, 1.165) is 5.82 Å². The van der Waals surface area contributed by atoms with Gasteiger partial charge in [-0.1, -0.05) is 18.2 Å². The highest BCUT2D eigenvalue weighted by Crippen LogP contribution is 2.28. The molecule has 0 aliphatic carbocycles. The largest absolute Gasteiger partial charge is 0.417 e. The summed E-state index contributed by atoms with van der Waals surface area (Å²) < 4.78 is 12.8. The highest BCUT2D eigenvalue weighted by molar-refractivity contribution is 5.95. The Hall–Kier alpha value is -2.93. The van der Waals surface area contributed by atoms with E-state index in [4.69, 9.17) is 9.15 Å². The molecule has 25 heavy (non-hydrogen) atoms. The molecule has 128 valence electrons. The number of carbonyl (C=O) groups is 1. The van der Waals surface area contributed by atoms with Crippen LogP contribution in [0.1, 0.15) is 28.9 Å². The van der Waals surface area contributed by atoms with E-state index >= 15 is 0 Å². The van der Waals surface area contributed by atoms with Crippen LogP contribution in [0.3, 0.4) is 0 Å². The molecular formula is C18H17N3O4. The van der Waals surface area contributed by atoms with Gasteiger partial charge >= 0.3 is 5.63 Å². The van der Waals surface area contributed by atoms with Gasteiger partial charge in [-0.2, -0.15) is 0 Å². The zero-order valence-electron chi connectivity index (χ0n) is 13.6. The number of hydrogen-bond acceptors (Lipinski definition) is 5. The minimum Gasteiger partial charge on any atom is -0.417 e. The number of imidazole rings is 1. The molecule has 3 heterocycles. The smallest absolute Gasteiger partial charge is 0.344 e. The molecule has 2 aromatic heterocycles. The number of nitrogens with zero attached hydrogens (tertiary/aromatic N) is 2. The number of nitrogens with one attached hydrogen (secondary N) is 1. The SMILES string of the molecule is Cn1ccnc1[C@H]1OCC[C@@H]1NC(=O)c1cc2ccccc2c(=O)o1. The van der Waals surface area contributed by atoms with Crippen LogP contribution in [0.5, 0.6) is 0 Å². The molecule has 1 saturated heterocycles. The number of fused-ring (bicyclic) bond motifs is 1. The second-order valence-electron chi connectivity index (χ2n) is 6.04. The number of hydrogen-bond donors (Lipinski definition) is 1. The van der Waals surface area contributed by atoms with Gasteiger partial charge in [0.1, 0.15) is 11.9 Å². The highest BCUT2D eigenvalue weighted by Gasteiger charge is 2.34. The Bertz CT molecular complexity index is 991. The van der Waals surface area contributed by atoms with Crippen molar-refractivity contribution < 1.29 is 13.9 Å². The van der Waals surface area contributed by atoms with E-state index in [2.05, 4.69) is 10.3 Å². The average molecular weight is 339 g/mol. The van der Waals surface area contributed by atoms with Gasteiger partial charge in [0.25, 0.3) is 5.91 Å². The van der Waals surface area contributed by atoms with Crippen LogP contribution < -0.4 is 10.9 Å². The lowest BCUT2D eigenvalue weighted by Gasteiger charge is -2.19. The van der Waals surface area contributed by atoms with Gasteiger partial charge in [0, 0.05) is 26.0 Å². The zero-order valence-corrected chi connectivity index (χ0v) is 13.6. The van der Waals surface area contributed by atoms with E-state index in [0.29, 0.717) is 23.8 Å². The number of aryl methyl sites for hydroxylation is 1. The molecule has 4 rings (SSSR count). The summed E-state index contributed by atoms with van der Waals surface area (Å²) in [4.78, 5) is 28.9. The minimum atomic E-state index is -0.522. The van der Waals surface area contributed by atoms with E-state index < -0.39 is 11.5 Å². The molecule has 7 nitrogen and oxygen atoms in total. The van der Waals surface area contributed by atoms with E-state index in [-0.39, 0.29) is 17.9 Å². The molecule has 0 spiro atoms. The van der Waals surface area contributed by atoms with Gasteiger partial charge in [0.15, 0.2) is 5.76 Å². The van der Waals surface area contributed by atoms with Crippen molar-refractivity contribution in [2.45, 2.75) is 18.6 Å². The highest BCUT2D eigenvalue weighted by atomic mass is 16.5. The van der Waals surface area contributed by atoms with Crippen molar-refractivity contribution in [2.24, 2.45) is 7.05 Å². The summed E-state index contributed by atoms with van der Waals surface area (Å²) >= 11 is 0. The molecule has 1 amide bonds. The predicted octanol–water partition coefficient (Wildman–Crippen LogP) is 1.79. The molecule has 2 atom stereocenters. The molecule has 1 aliphatic heterocycles. The summed E-state index contributed by atoms with van der Waals surface area (Å²) in [6.07, 6.45) is 3.87. The standard InChI is InChI=1S/C18H17N3O4/c1-21-8-7-19-16(21)15-13(6-9-24-15)20-17(22)14-10-11-4-2-3-5-12(11)18(23)25-14/h2-5,7-8,10,13,15H,6,9H2,1H3,(H,20,22)/t13-,15-/m0/s1. The maximum Gasteiger partial charge on any atom is 0.344 e. The maximum absolute atomic E-state index is 12.6. The number of ether oxygens (including phenoxy) is 1. The van der Waals surface area contributed by atoms with E-state index in [1.165, 1.54) is 0 Å². The number of aromatic nitrogens is 2. The lowest BCUT2D eigenvalue weighted by Crippen LogP contribution is -2.37. The van der Waals surface area contributed by atoms with Crippen molar-refractivity contribution in [1.82, 2.24) is 14.9 Å². The van der Waals surface area contributed by atoms with Gasteiger partial charge in [0.05, 0.1) is 11.4 Å². The Morgan fingerprint density at radius 2 is 2.20 bits per heavy atom. The molecular weight excluding hydrogens is 322 g/mol. The fraction of sp³-hybridized carbons (Fsp3) is 0.278. The summed E-state index contributed by atoms with van der Waals surface area (Å²) in [6, 6.07) is 8.36. The summed E-state index contributed by atoms with van der Waals surface area (Å²) in [5, 5.41) is 4.03. The number of carbonyl (C=O) groups excluding carboxylic acids is 1. The molecule has 0 radical (unpaired) electrons. The van der Waals surface area contributed by atoms with Crippen molar-refractivity contribution in [3.63, 3.8) is 0 Å². The van der Waals surface area contributed by atoms with E-state index in [1.807, 2.05) is 23.9 Å².